The van der Waals surface area contributed by atoms with E-state index in [0.29, 0.717) is 5.88 Å². The molecular formula is C15H13N3O. The van der Waals surface area contributed by atoms with Gasteiger partial charge in [0.25, 0.3) is 0 Å². The van der Waals surface area contributed by atoms with Crippen molar-refractivity contribution in [2.24, 2.45) is 4.99 Å². The van der Waals surface area contributed by atoms with Crippen molar-refractivity contribution in [1.29, 1.82) is 0 Å². The number of aromatic amines is 1. The Morgan fingerprint density at radius 3 is 3.05 bits per heavy atom. The molecule has 0 fully saturated rings. The number of hydrogen-bond acceptors (Lipinski definition) is 3. The molecule has 0 radical (unpaired) electrons. The van der Waals surface area contributed by atoms with Crippen LogP contribution in [0.4, 0.5) is 5.69 Å². The first-order chi connectivity index (χ1) is 9.35. The highest BCUT2D eigenvalue weighted by Crippen LogP contribution is 2.17. The van der Waals surface area contributed by atoms with Crippen molar-refractivity contribution in [3.63, 3.8) is 0 Å². The van der Waals surface area contributed by atoms with Crippen LogP contribution < -0.4 is 4.74 Å². The Morgan fingerprint density at radius 2 is 2.16 bits per heavy atom. The van der Waals surface area contributed by atoms with Crippen LogP contribution in [0.1, 0.15) is 5.56 Å². The number of fused-ring (bicyclic) bond motifs is 1. The SMILES string of the molecule is COc1cc(N=Cc2ccc3[nH]ccc3c2)ccn1. The number of methoxy groups -OCH3 is 1. The van der Waals surface area contributed by atoms with Crippen molar-refractivity contribution < 1.29 is 4.74 Å². The van der Waals surface area contributed by atoms with Gasteiger partial charge in [0, 0.05) is 30.2 Å². The molecule has 0 saturated carbocycles. The van der Waals surface area contributed by atoms with Gasteiger partial charge in [-0.2, -0.15) is 0 Å². The molecule has 4 nitrogen and oxygen atoms in total. The number of benzene rings is 1. The van der Waals surface area contributed by atoms with Crippen LogP contribution in [-0.2, 0) is 0 Å². The third-order valence-electron chi connectivity index (χ3n) is 2.87. The summed E-state index contributed by atoms with van der Waals surface area (Å²) in [5.74, 6) is 0.565. The van der Waals surface area contributed by atoms with E-state index in [4.69, 9.17) is 4.74 Å². The molecule has 0 aliphatic carbocycles. The lowest BCUT2D eigenvalue weighted by molar-refractivity contribution is 0.398. The van der Waals surface area contributed by atoms with Gasteiger partial charge >= 0.3 is 0 Å². The number of ether oxygens (including phenoxy) is 1. The Hall–Kier alpha value is -2.62. The molecule has 0 amide bonds. The van der Waals surface area contributed by atoms with E-state index in [-0.39, 0.29) is 0 Å². The summed E-state index contributed by atoms with van der Waals surface area (Å²) in [6, 6.07) is 11.8. The average molecular weight is 251 g/mol. The minimum absolute atomic E-state index is 0.565. The van der Waals surface area contributed by atoms with E-state index in [1.165, 1.54) is 5.39 Å². The zero-order valence-corrected chi connectivity index (χ0v) is 10.5. The summed E-state index contributed by atoms with van der Waals surface area (Å²) >= 11 is 0. The zero-order chi connectivity index (χ0) is 13.1. The molecule has 3 aromatic rings. The Kier molecular flexibility index (Phi) is 2.98. The van der Waals surface area contributed by atoms with Crippen molar-refractivity contribution in [1.82, 2.24) is 9.97 Å². The summed E-state index contributed by atoms with van der Waals surface area (Å²) < 4.78 is 5.06. The fourth-order valence-corrected chi connectivity index (χ4v) is 1.89. The van der Waals surface area contributed by atoms with E-state index in [0.717, 1.165) is 16.8 Å². The number of pyridine rings is 1. The third kappa shape index (κ3) is 2.47. The molecule has 4 heteroatoms. The molecule has 1 N–H and O–H groups in total. The number of hydrogen-bond donors (Lipinski definition) is 1. The highest BCUT2D eigenvalue weighted by Gasteiger charge is 1.96. The quantitative estimate of drug-likeness (QED) is 0.726. The molecule has 2 aromatic heterocycles. The summed E-state index contributed by atoms with van der Waals surface area (Å²) in [5, 5.41) is 1.18. The summed E-state index contributed by atoms with van der Waals surface area (Å²) in [7, 11) is 1.59. The molecule has 0 aliphatic rings. The number of nitrogens with one attached hydrogen (secondary N) is 1. The minimum Gasteiger partial charge on any atom is -0.481 e. The van der Waals surface area contributed by atoms with E-state index in [1.54, 1.807) is 19.4 Å². The molecule has 2 heterocycles. The van der Waals surface area contributed by atoms with Crippen LogP contribution in [0.3, 0.4) is 0 Å². The molecule has 19 heavy (non-hydrogen) atoms. The largest absolute Gasteiger partial charge is 0.481 e. The molecule has 0 bridgehead atoms. The second-order valence-electron chi connectivity index (χ2n) is 4.14. The molecule has 0 atom stereocenters. The van der Waals surface area contributed by atoms with Crippen LogP contribution in [0, 0.1) is 0 Å². The van der Waals surface area contributed by atoms with E-state index >= 15 is 0 Å². The maximum atomic E-state index is 5.06. The van der Waals surface area contributed by atoms with Gasteiger partial charge in [-0.05, 0) is 35.2 Å². The van der Waals surface area contributed by atoms with Crippen LogP contribution in [0.2, 0.25) is 0 Å². The van der Waals surface area contributed by atoms with Crippen molar-refractivity contribution in [3.05, 3.63) is 54.4 Å². The first-order valence-electron chi connectivity index (χ1n) is 5.96. The van der Waals surface area contributed by atoms with Gasteiger partial charge in [0.2, 0.25) is 5.88 Å². The maximum absolute atomic E-state index is 5.06. The van der Waals surface area contributed by atoms with Gasteiger partial charge in [-0.15, -0.1) is 0 Å². The summed E-state index contributed by atoms with van der Waals surface area (Å²) in [4.78, 5) is 11.6. The summed E-state index contributed by atoms with van der Waals surface area (Å²) in [6.45, 7) is 0. The lowest BCUT2D eigenvalue weighted by Gasteiger charge is -1.99. The Morgan fingerprint density at radius 1 is 1.21 bits per heavy atom. The van der Waals surface area contributed by atoms with E-state index < -0.39 is 0 Å². The summed E-state index contributed by atoms with van der Waals surface area (Å²) in [6.07, 6.45) is 5.45. The first kappa shape index (κ1) is 11.5. The van der Waals surface area contributed by atoms with Gasteiger partial charge in [-0.25, -0.2) is 4.98 Å². The van der Waals surface area contributed by atoms with Crippen LogP contribution >= 0.6 is 0 Å². The molecule has 94 valence electrons. The van der Waals surface area contributed by atoms with Crippen molar-refractivity contribution in [2.45, 2.75) is 0 Å². The smallest absolute Gasteiger partial charge is 0.215 e. The summed E-state index contributed by atoms with van der Waals surface area (Å²) in [5.41, 5.74) is 3.01. The van der Waals surface area contributed by atoms with E-state index in [9.17, 15) is 0 Å². The van der Waals surface area contributed by atoms with Gasteiger partial charge in [0.05, 0.1) is 12.8 Å². The Balaban J connectivity index is 1.88. The monoisotopic (exact) mass is 251 g/mol. The fourth-order valence-electron chi connectivity index (χ4n) is 1.89. The van der Waals surface area contributed by atoms with E-state index in [1.807, 2.05) is 36.7 Å². The van der Waals surface area contributed by atoms with E-state index in [2.05, 4.69) is 21.0 Å². The van der Waals surface area contributed by atoms with Crippen molar-refractivity contribution >= 4 is 22.8 Å². The topological polar surface area (TPSA) is 50.3 Å². The Labute approximate surface area is 110 Å². The number of nitrogens with zero attached hydrogens (tertiary/aromatic N) is 2. The van der Waals surface area contributed by atoms with Gasteiger partial charge in [-0.1, -0.05) is 6.07 Å². The molecule has 0 aliphatic heterocycles. The normalized spacial score (nSPS) is 11.2. The van der Waals surface area contributed by atoms with Gasteiger partial charge in [0.1, 0.15) is 0 Å². The van der Waals surface area contributed by atoms with Crippen molar-refractivity contribution in [3.8, 4) is 5.88 Å². The van der Waals surface area contributed by atoms with Gasteiger partial charge < -0.3 is 9.72 Å². The van der Waals surface area contributed by atoms with Crippen LogP contribution in [0.25, 0.3) is 10.9 Å². The predicted octanol–water partition coefficient (Wildman–Crippen LogP) is 3.32. The lowest BCUT2D eigenvalue weighted by atomic mass is 10.2. The number of aromatic nitrogens is 2. The minimum atomic E-state index is 0.565. The second kappa shape index (κ2) is 4.94. The van der Waals surface area contributed by atoms with Crippen LogP contribution in [0.5, 0.6) is 5.88 Å². The molecular weight excluding hydrogens is 238 g/mol. The molecule has 0 spiro atoms. The van der Waals surface area contributed by atoms with Crippen molar-refractivity contribution in [2.75, 3.05) is 7.11 Å². The molecule has 3 rings (SSSR count). The molecule has 1 aromatic carbocycles. The highest BCUT2D eigenvalue weighted by atomic mass is 16.5. The predicted molar refractivity (Wildman–Crippen MR) is 76.3 cm³/mol. The molecule has 0 saturated heterocycles. The standard InChI is InChI=1S/C15H13N3O/c1-19-15-9-13(5-7-17-15)18-10-11-2-3-14-12(8-11)4-6-16-14/h2-10,16H,1H3. The van der Waals surface area contributed by atoms with Gasteiger partial charge in [0.15, 0.2) is 0 Å². The fraction of sp³-hybridized carbons (Fsp3) is 0.0667. The molecule has 0 unspecified atom stereocenters. The maximum Gasteiger partial charge on any atom is 0.215 e. The van der Waals surface area contributed by atoms with Crippen LogP contribution in [-0.4, -0.2) is 23.3 Å². The Bertz CT molecular complexity index is 731. The third-order valence-corrected chi connectivity index (χ3v) is 2.87. The highest BCUT2D eigenvalue weighted by molar-refractivity contribution is 5.89. The first-order valence-corrected chi connectivity index (χ1v) is 5.96. The van der Waals surface area contributed by atoms with Gasteiger partial charge in [-0.3, -0.25) is 4.99 Å². The zero-order valence-electron chi connectivity index (χ0n) is 10.5. The number of rotatable bonds is 3. The number of H-pyrrole nitrogens is 1. The van der Waals surface area contributed by atoms with Crippen LogP contribution in [0.15, 0.2) is 53.8 Å². The number of aliphatic imine (C=N–C) groups is 1. The average Bonchev–Trinajstić information content (AvgIpc) is 2.93. The lowest BCUT2D eigenvalue weighted by Crippen LogP contribution is -1.85. The second-order valence-corrected chi connectivity index (χ2v) is 4.14.